The summed E-state index contributed by atoms with van der Waals surface area (Å²) < 4.78 is 13.1. The molecule has 0 saturated carbocycles. The van der Waals surface area contributed by atoms with E-state index in [9.17, 15) is 30.6 Å². The Morgan fingerprint density at radius 1 is 0.205 bits per heavy atom. The van der Waals surface area contributed by atoms with Crippen LogP contribution in [0.4, 0.5) is 0 Å². The molecule has 18 aromatic rings. The minimum Gasteiger partial charge on any atom is -0.872 e. The van der Waals surface area contributed by atoms with Gasteiger partial charge in [0.05, 0.1) is 77.3 Å². The van der Waals surface area contributed by atoms with Gasteiger partial charge in [0.1, 0.15) is 46.4 Å². The van der Waals surface area contributed by atoms with E-state index in [1.54, 1.807) is 60.7 Å². The second kappa shape index (κ2) is 44.7. The van der Waals surface area contributed by atoms with Gasteiger partial charge in [-0.2, -0.15) is 0 Å². The number of imidazole rings is 6. The number of aryl methyl sites for hydroxylation is 6. The Kier molecular flexibility index (Phi) is 33.1. The number of aromatic hydroxyl groups is 2. The van der Waals surface area contributed by atoms with Crippen molar-refractivity contribution in [1.29, 1.82) is 0 Å². The number of para-hydroxylation sites is 18. The smallest absolute Gasteiger partial charge is 0.872 e. The van der Waals surface area contributed by atoms with Crippen molar-refractivity contribution in [3.8, 4) is 103 Å². The average molecular weight is 1720 g/mol. The number of fused-ring (bicyclic) bond motifs is 6. The molecule has 0 amide bonds. The Labute approximate surface area is 739 Å². The predicted molar refractivity (Wildman–Crippen MR) is 482 cm³/mol. The largest absolute Gasteiger partial charge is 2.00 e. The normalized spacial score (nSPS) is 10.9. The zero-order chi connectivity index (χ0) is 83.7. The van der Waals surface area contributed by atoms with Crippen molar-refractivity contribution in [1.82, 2.24) is 57.3 Å². The Balaban J connectivity index is 0.000000142. The molecular formula is C102H104N12O6Zn2. The molecule has 12 aromatic carbocycles. The van der Waals surface area contributed by atoms with Crippen LogP contribution >= 0.6 is 0 Å². The van der Waals surface area contributed by atoms with Gasteiger partial charge in [0.2, 0.25) is 0 Å². The summed E-state index contributed by atoms with van der Waals surface area (Å²) in [5.74, 6) is 5.49. The van der Waals surface area contributed by atoms with Gasteiger partial charge in [-0.1, -0.05) is 297 Å². The van der Waals surface area contributed by atoms with Crippen molar-refractivity contribution in [2.45, 2.75) is 158 Å². The first-order chi connectivity index (χ1) is 58.9. The monoisotopic (exact) mass is 1720 g/mol. The van der Waals surface area contributed by atoms with E-state index in [0.717, 1.165) is 229 Å². The quantitative estimate of drug-likeness (QED) is 0.0537. The molecular weight excluding hydrogens is 1620 g/mol. The first-order valence-electron chi connectivity index (χ1n) is 42.2. The van der Waals surface area contributed by atoms with Crippen molar-refractivity contribution < 1.29 is 69.6 Å². The van der Waals surface area contributed by atoms with E-state index < -0.39 is 0 Å². The number of benzene rings is 12. The second-order valence-electron chi connectivity index (χ2n) is 29.6. The van der Waals surface area contributed by atoms with Gasteiger partial charge >= 0.3 is 39.0 Å². The third-order valence-corrected chi connectivity index (χ3v) is 21.1. The maximum absolute atomic E-state index is 12.1. The molecule has 6 aromatic heterocycles. The van der Waals surface area contributed by atoms with Gasteiger partial charge in [-0.25, -0.2) is 29.9 Å². The number of rotatable bonds is 24. The van der Waals surface area contributed by atoms with Crippen molar-refractivity contribution in [2.75, 3.05) is 0 Å². The van der Waals surface area contributed by atoms with Crippen LogP contribution < -0.4 is 20.4 Å². The van der Waals surface area contributed by atoms with Gasteiger partial charge in [-0.05, 0) is 136 Å². The van der Waals surface area contributed by atoms with Crippen LogP contribution in [0.5, 0.6) is 34.5 Å². The number of hydrogen-bond donors (Lipinski definition) is 2. The van der Waals surface area contributed by atoms with E-state index in [1.807, 2.05) is 194 Å². The molecule has 2 N–H and O–H groups in total. The summed E-state index contributed by atoms with van der Waals surface area (Å²) >= 11 is 0. The Morgan fingerprint density at radius 2 is 0.352 bits per heavy atom. The van der Waals surface area contributed by atoms with Gasteiger partial charge in [-0.3, -0.25) is 0 Å². The molecule has 612 valence electrons. The molecule has 0 bridgehead atoms. The SMILES string of the molecule is CCCCn1c(-c2ccccc2O)nc2ccccc21.CCCCn1c(-c2ccccc2O)nc2ccccc21.CCCCn1c(-c2ccccc2[O-])nc2ccccc21.CCCCn1c(-c2ccccc2[O-])nc2ccccc21.CCCCn1c(-c2ccccc2[O-])nc2ccccc21.CCCCn1c(-c2ccccc2[O-])nc2ccccc21.[Zn+2].[Zn+2]. The minimum absolute atomic E-state index is 0. The standard InChI is InChI=1S/6C17H18N2O.2Zn/c6*1-2-3-12-19-15-10-6-5-9-14(15)18-17(19)13-8-4-7-11-16(13)20;;/h6*4-11,20H,2-3,12H2,1H3;;/q;;;;;;2*+2/p-4. The minimum atomic E-state index is 0. The fraction of sp³-hybridized carbons (Fsp3) is 0.235. The van der Waals surface area contributed by atoms with E-state index in [0.29, 0.717) is 22.3 Å². The number of aromatic nitrogens is 12. The molecule has 0 aliphatic heterocycles. The van der Waals surface area contributed by atoms with E-state index in [2.05, 4.69) is 125 Å². The molecule has 0 atom stereocenters. The number of unbranched alkanes of at least 4 members (excludes halogenated alkanes) is 6. The van der Waals surface area contributed by atoms with Gasteiger partial charge in [-0.15, -0.1) is 0 Å². The molecule has 0 saturated heterocycles. The third-order valence-electron chi connectivity index (χ3n) is 21.1. The number of nitrogens with zero attached hydrogens (tertiary/aromatic N) is 12. The molecule has 18 rings (SSSR count). The molecule has 20 heteroatoms. The van der Waals surface area contributed by atoms with Crippen LogP contribution in [0.25, 0.3) is 135 Å². The van der Waals surface area contributed by atoms with Crippen molar-refractivity contribution in [3.05, 3.63) is 291 Å². The van der Waals surface area contributed by atoms with Gasteiger partial charge in [0.25, 0.3) is 0 Å². The van der Waals surface area contributed by atoms with Gasteiger partial charge in [0, 0.05) is 61.5 Å². The third kappa shape index (κ3) is 21.3. The van der Waals surface area contributed by atoms with E-state index >= 15 is 0 Å². The summed E-state index contributed by atoms with van der Waals surface area (Å²) in [5, 5.41) is 68.4. The first-order valence-corrected chi connectivity index (χ1v) is 42.2. The summed E-state index contributed by atoms with van der Waals surface area (Å²) in [6.45, 7) is 18.4. The number of hydrogen-bond acceptors (Lipinski definition) is 12. The van der Waals surface area contributed by atoms with Crippen LogP contribution in [0.2, 0.25) is 0 Å². The number of phenols is 2. The zero-order valence-corrected chi connectivity index (χ0v) is 76.7. The van der Waals surface area contributed by atoms with E-state index in [1.165, 1.54) is 0 Å². The zero-order valence-electron chi connectivity index (χ0n) is 70.7. The Hall–Kier alpha value is -12.5. The maximum Gasteiger partial charge on any atom is 2.00 e. The van der Waals surface area contributed by atoms with Crippen LogP contribution in [0.3, 0.4) is 0 Å². The summed E-state index contributed by atoms with van der Waals surface area (Å²) in [6, 6.07) is 91.6. The summed E-state index contributed by atoms with van der Waals surface area (Å²) in [4.78, 5) is 28.0. The molecule has 0 radical (unpaired) electrons. The molecule has 18 nitrogen and oxygen atoms in total. The van der Waals surface area contributed by atoms with Crippen molar-refractivity contribution in [3.63, 3.8) is 0 Å². The molecule has 0 aliphatic rings. The summed E-state index contributed by atoms with van der Waals surface area (Å²) in [7, 11) is 0. The van der Waals surface area contributed by atoms with Crippen molar-refractivity contribution >= 4 is 66.2 Å². The van der Waals surface area contributed by atoms with E-state index in [-0.39, 0.29) is 73.5 Å². The van der Waals surface area contributed by atoms with Gasteiger partial charge < -0.3 is 58.0 Å². The Bertz CT molecular complexity index is 5390. The fourth-order valence-electron chi connectivity index (χ4n) is 14.9. The van der Waals surface area contributed by atoms with Crippen LogP contribution in [-0.2, 0) is 78.2 Å². The second-order valence-corrected chi connectivity index (χ2v) is 29.6. The Morgan fingerprint density at radius 3 is 0.525 bits per heavy atom. The summed E-state index contributed by atoms with van der Waals surface area (Å²) in [6.07, 6.45) is 13.2. The molecule has 0 unspecified atom stereocenters. The first kappa shape index (κ1) is 90.3. The molecule has 0 spiro atoms. The molecule has 0 fully saturated rings. The van der Waals surface area contributed by atoms with Crippen LogP contribution in [0.15, 0.2) is 291 Å². The maximum atomic E-state index is 12.1. The molecule has 0 aliphatic carbocycles. The fourth-order valence-corrected chi connectivity index (χ4v) is 14.9. The molecule has 122 heavy (non-hydrogen) atoms. The van der Waals surface area contributed by atoms with Crippen LogP contribution in [0.1, 0.15) is 119 Å². The van der Waals surface area contributed by atoms with Gasteiger partial charge in [0.15, 0.2) is 0 Å². The van der Waals surface area contributed by atoms with Crippen LogP contribution in [-0.4, -0.2) is 67.5 Å². The van der Waals surface area contributed by atoms with Crippen LogP contribution in [0, 0.1) is 0 Å². The average Bonchev–Trinajstić information content (AvgIpc) is 1.67. The number of phenolic OH excluding ortho intramolecular Hbond substituents is 2. The molecule has 6 heterocycles. The topological polar surface area (TPSA) is 240 Å². The van der Waals surface area contributed by atoms with Crippen molar-refractivity contribution in [2.24, 2.45) is 0 Å². The predicted octanol–water partition coefficient (Wildman–Crippen LogP) is 22.7. The summed E-state index contributed by atoms with van der Waals surface area (Å²) in [5.41, 5.74) is 16.7. The van der Waals surface area contributed by atoms with E-state index in [4.69, 9.17) is 9.97 Å².